The zero-order valence-electron chi connectivity index (χ0n) is 15.9. The fourth-order valence-corrected chi connectivity index (χ4v) is 3.83. The maximum Gasteiger partial charge on any atom is 0.000792 e. The third kappa shape index (κ3) is 6.72. The number of nitrogens with one attached hydrogen (secondary N) is 1. The van der Waals surface area contributed by atoms with E-state index in [1.54, 1.807) is 0 Å². The lowest BCUT2D eigenvalue weighted by Crippen LogP contribution is -2.41. The van der Waals surface area contributed by atoms with Crippen molar-refractivity contribution in [2.45, 2.75) is 87.0 Å². The minimum Gasteiger partial charge on any atom is -0.316 e. The van der Waals surface area contributed by atoms with Gasteiger partial charge in [-0.15, -0.1) is 0 Å². The van der Waals surface area contributed by atoms with Crippen molar-refractivity contribution in [3.05, 3.63) is 0 Å². The van der Waals surface area contributed by atoms with E-state index < -0.39 is 0 Å². The summed E-state index contributed by atoms with van der Waals surface area (Å²) in [7, 11) is 0. The highest BCUT2D eigenvalue weighted by Crippen LogP contribution is 2.47. The molecule has 1 aliphatic rings. The minimum absolute atomic E-state index is 0.496. The van der Waals surface area contributed by atoms with Gasteiger partial charge in [0, 0.05) is 6.54 Å². The zero-order chi connectivity index (χ0) is 16.1. The van der Waals surface area contributed by atoms with Crippen LogP contribution in [0.2, 0.25) is 0 Å². The first-order valence-electron chi connectivity index (χ1n) is 9.35. The number of hydrogen-bond acceptors (Lipinski definition) is 1. The third-order valence-corrected chi connectivity index (χ3v) is 5.58. The summed E-state index contributed by atoms with van der Waals surface area (Å²) in [5, 5.41) is 3.77. The molecule has 0 unspecified atom stereocenters. The second kappa shape index (κ2) is 7.99. The summed E-state index contributed by atoms with van der Waals surface area (Å²) in [5.74, 6) is 2.53. The summed E-state index contributed by atoms with van der Waals surface area (Å²) >= 11 is 0. The van der Waals surface area contributed by atoms with Crippen molar-refractivity contribution in [1.29, 1.82) is 0 Å². The van der Waals surface area contributed by atoms with Crippen molar-refractivity contribution >= 4 is 0 Å². The summed E-state index contributed by atoms with van der Waals surface area (Å²) in [5.41, 5.74) is 1.08. The Morgan fingerprint density at radius 1 is 1.00 bits per heavy atom. The van der Waals surface area contributed by atoms with Gasteiger partial charge in [-0.2, -0.15) is 0 Å². The summed E-state index contributed by atoms with van der Waals surface area (Å²) in [6.45, 7) is 19.1. The van der Waals surface area contributed by atoms with E-state index in [0.717, 1.165) is 17.8 Å². The molecule has 0 aromatic heterocycles. The molecule has 126 valence electrons. The molecule has 1 rings (SSSR count). The Kier molecular flexibility index (Phi) is 7.24. The number of hydrogen-bond donors (Lipinski definition) is 1. The largest absolute Gasteiger partial charge is 0.316 e. The zero-order valence-corrected chi connectivity index (χ0v) is 15.9. The SMILES string of the molecule is CC(C)CCC1(CNCC(C)C)CCC(C(C)(C)C)CC1. The summed E-state index contributed by atoms with van der Waals surface area (Å²) in [6, 6.07) is 0. The normalized spacial score (nSPS) is 27.6. The monoisotopic (exact) mass is 295 g/mol. The van der Waals surface area contributed by atoms with E-state index in [1.165, 1.54) is 51.6 Å². The fraction of sp³-hybridized carbons (Fsp3) is 1.00. The molecule has 0 radical (unpaired) electrons. The Balaban J connectivity index is 2.58. The molecule has 0 aliphatic heterocycles. The molecule has 1 N–H and O–H groups in total. The Morgan fingerprint density at radius 3 is 2.00 bits per heavy atom. The molecule has 0 atom stereocenters. The van der Waals surface area contributed by atoms with Crippen molar-refractivity contribution in [2.24, 2.45) is 28.6 Å². The van der Waals surface area contributed by atoms with Crippen LogP contribution in [0.25, 0.3) is 0 Å². The van der Waals surface area contributed by atoms with Crippen LogP contribution in [0.3, 0.4) is 0 Å². The molecule has 1 aliphatic carbocycles. The van der Waals surface area contributed by atoms with Crippen molar-refractivity contribution in [3.63, 3.8) is 0 Å². The van der Waals surface area contributed by atoms with E-state index in [2.05, 4.69) is 53.8 Å². The van der Waals surface area contributed by atoms with E-state index in [1.807, 2.05) is 0 Å². The molecule has 0 aromatic rings. The maximum absolute atomic E-state index is 3.77. The molecule has 0 amide bonds. The molecule has 1 heteroatoms. The van der Waals surface area contributed by atoms with Crippen LogP contribution in [0.15, 0.2) is 0 Å². The van der Waals surface area contributed by atoms with E-state index in [-0.39, 0.29) is 0 Å². The van der Waals surface area contributed by atoms with Crippen molar-refractivity contribution in [2.75, 3.05) is 13.1 Å². The molecular formula is C20H41N. The average molecular weight is 296 g/mol. The van der Waals surface area contributed by atoms with Crippen molar-refractivity contribution in [1.82, 2.24) is 5.32 Å². The Bertz CT molecular complexity index is 277. The highest BCUT2D eigenvalue weighted by Gasteiger charge is 2.38. The lowest BCUT2D eigenvalue weighted by Gasteiger charge is -2.45. The van der Waals surface area contributed by atoms with Crippen LogP contribution in [0.5, 0.6) is 0 Å². The van der Waals surface area contributed by atoms with E-state index >= 15 is 0 Å². The van der Waals surface area contributed by atoms with Crippen molar-refractivity contribution < 1.29 is 0 Å². The van der Waals surface area contributed by atoms with Crippen molar-refractivity contribution in [3.8, 4) is 0 Å². The smallest absolute Gasteiger partial charge is 0.000792 e. The second-order valence-electron chi connectivity index (χ2n) is 9.60. The van der Waals surface area contributed by atoms with Gasteiger partial charge in [-0.05, 0) is 67.2 Å². The van der Waals surface area contributed by atoms with Crippen LogP contribution in [-0.2, 0) is 0 Å². The van der Waals surface area contributed by atoms with Crippen LogP contribution >= 0.6 is 0 Å². The highest BCUT2D eigenvalue weighted by atomic mass is 14.9. The lowest BCUT2D eigenvalue weighted by molar-refractivity contribution is 0.0749. The lowest BCUT2D eigenvalue weighted by atomic mass is 9.62. The van der Waals surface area contributed by atoms with Gasteiger partial charge in [0.1, 0.15) is 0 Å². The van der Waals surface area contributed by atoms with Gasteiger partial charge in [-0.25, -0.2) is 0 Å². The van der Waals surface area contributed by atoms with Crippen LogP contribution < -0.4 is 5.32 Å². The molecule has 1 nitrogen and oxygen atoms in total. The van der Waals surface area contributed by atoms with Gasteiger partial charge in [0.15, 0.2) is 0 Å². The van der Waals surface area contributed by atoms with Crippen LogP contribution in [0, 0.1) is 28.6 Å². The standard InChI is InChI=1S/C20H41N/c1-16(2)8-11-20(15-21-14-17(3)4)12-9-18(10-13-20)19(5,6)7/h16-18,21H,8-15H2,1-7H3. The molecule has 1 saturated carbocycles. The van der Waals surface area contributed by atoms with Gasteiger partial charge in [0.2, 0.25) is 0 Å². The first-order valence-corrected chi connectivity index (χ1v) is 9.35. The summed E-state index contributed by atoms with van der Waals surface area (Å²) in [6.07, 6.45) is 8.56. The second-order valence-corrected chi connectivity index (χ2v) is 9.60. The maximum atomic E-state index is 3.77. The predicted molar refractivity (Wildman–Crippen MR) is 95.6 cm³/mol. The van der Waals surface area contributed by atoms with E-state index in [4.69, 9.17) is 0 Å². The first-order chi connectivity index (χ1) is 9.65. The Morgan fingerprint density at radius 2 is 1.57 bits per heavy atom. The van der Waals surface area contributed by atoms with Gasteiger partial charge in [0.05, 0.1) is 0 Å². The fourth-order valence-electron chi connectivity index (χ4n) is 3.83. The van der Waals surface area contributed by atoms with Gasteiger partial charge < -0.3 is 5.32 Å². The molecule has 0 bridgehead atoms. The summed E-state index contributed by atoms with van der Waals surface area (Å²) in [4.78, 5) is 0. The molecule has 0 spiro atoms. The Labute approximate surface area is 134 Å². The average Bonchev–Trinajstić information content (AvgIpc) is 2.35. The molecular weight excluding hydrogens is 254 g/mol. The van der Waals surface area contributed by atoms with Gasteiger partial charge in [-0.3, -0.25) is 0 Å². The van der Waals surface area contributed by atoms with Gasteiger partial charge in [-0.1, -0.05) is 54.9 Å². The number of rotatable bonds is 7. The van der Waals surface area contributed by atoms with Crippen LogP contribution in [0.1, 0.15) is 87.0 Å². The van der Waals surface area contributed by atoms with Crippen LogP contribution in [-0.4, -0.2) is 13.1 Å². The molecule has 0 aromatic carbocycles. The van der Waals surface area contributed by atoms with Crippen LogP contribution in [0.4, 0.5) is 0 Å². The topological polar surface area (TPSA) is 12.0 Å². The minimum atomic E-state index is 0.496. The first kappa shape index (κ1) is 19.0. The van der Waals surface area contributed by atoms with E-state index in [9.17, 15) is 0 Å². The van der Waals surface area contributed by atoms with E-state index in [0.29, 0.717) is 10.8 Å². The molecule has 0 heterocycles. The molecule has 1 fully saturated rings. The molecule has 0 saturated heterocycles. The highest BCUT2D eigenvalue weighted by molar-refractivity contribution is 4.90. The van der Waals surface area contributed by atoms with Gasteiger partial charge in [0.25, 0.3) is 0 Å². The third-order valence-electron chi connectivity index (χ3n) is 5.58. The Hall–Kier alpha value is -0.0400. The predicted octanol–water partition coefficient (Wildman–Crippen LogP) is 5.89. The summed E-state index contributed by atoms with van der Waals surface area (Å²) < 4.78 is 0. The quantitative estimate of drug-likeness (QED) is 0.617. The molecule has 21 heavy (non-hydrogen) atoms. The van der Waals surface area contributed by atoms with Gasteiger partial charge >= 0.3 is 0 Å².